The summed E-state index contributed by atoms with van der Waals surface area (Å²) in [6.07, 6.45) is 3.66. The average Bonchev–Trinajstić information content (AvgIpc) is 1.67. The molecule has 0 rings (SSSR count). The Balaban J connectivity index is 3.47. The Morgan fingerprint density at radius 1 is 1.75 bits per heavy atom. The molecule has 0 spiro atoms. The molecule has 0 aliphatic carbocycles. The third-order valence-electron chi connectivity index (χ3n) is 0.830. The van der Waals surface area contributed by atoms with Crippen molar-refractivity contribution >= 4 is 11.4 Å². The van der Waals surface area contributed by atoms with E-state index < -0.39 is 11.4 Å². The molecule has 0 aliphatic heterocycles. The van der Waals surface area contributed by atoms with Gasteiger partial charge in [-0.1, -0.05) is 6.08 Å². The van der Waals surface area contributed by atoms with E-state index in [0.29, 0.717) is 0 Å². The molecular formula is C5H11NOS. The molecule has 2 unspecified atom stereocenters. The molecule has 2 N–H and O–H groups in total. The van der Waals surface area contributed by atoms with Crippen LogP contribution in [0.2, 0.25) is 0 Å². The van der Waals surface area contributed by atoms with Gasteiger partial charge in [-0.25, -0.2) is 0 Å². The molecule has 0 heterocycles. The van der Waals surface area contributed by atoms with E-state index in [9.17, 15) is 4.55 Å². The van der Waals surface area contributed by atoms with E-state index in [-0.39, 0.29) is 5.25 Å². The van der Waals surface area contributed by atoms with Crippen molar-refractivity contribution in [1.29, 1.82) is 0 Å². The van der Waals surface area contributed by atoms with E-state index in [2.05, 4.69) is 0 Å². The van der Waals surface area contributed by atoms with Crippen LogP contribution in [-0.4, -0.2) is 9.80 Å². The molecule has 0 fully saturated rings. The van der Waals surface area contributed by atoms with Crippen molar-refractivity contribution in [3.63, 3.8) is 0 Å². The second-order valence-corrected chi connectivity index (χ2v) is 2.96. The fourth-order valence-electron chi connectivity index (χ4n) is 0.348. The highest BCUT2D eigenvalue weighted by Gasteiger charge is 2.05. The smallest absolute Gasteiger partial charge is 0.150 e. The standard InChI is InChI=1S/C5H11NOS/c1-3-4-5(2)8(6)7/h3-5H,6H2,1-2H3. The van der Waals surface area contributed by atoms with Crippen LogP contribution in [0.4, 0.5) is 0 Å². The largest absolute Gasteiger partial charge is 0.598 e. The van der Waals surface area contributed by atoms with Gasteiger partial charge in [0.05, 0.1) is 0 Å². The Hall–Kier alpha value is 0.01000. The lowest BCUT2D eigenvalue weighted by Gasteiger charge is -2.06. The van der Waals surface area contributed by atoms with Gasteiger partial charge in [-0.3, -0.25) is 0 Å². The molecule has 0 aromatic rings. The molecule has 0 amide bonds. The van der Waals surface area contributed by atoms with Gasteiger partial charge in [0.1, 0.15) is 5.25 Å². The van der Waals surface area contributed by atoms with Crippen molar-refractivity contribution in [1.82, 2.24) is 0 Å². The lowest BCUT2D eigenvalue weighted by molar-refractivity contribution is 0.592. The highest BCUT2D eigenvalue weighted by atomic mass is 32.2. The molecule has 3 heteroatoms. The van der Waals surface area contributed by atoms with Gasteiger partial charge in [0.25, 0.3) is 0 Å². The predicted octanol–water partition coefficient (Wildman–Crippen LogP) is 0.573. The second-order valence-electron chi connectivity index (χ2n) is 1.56. The van der Waals surface area contributed by atoms with Crippen molar-refractivity contribution < 1.29 is 4.55 Å². The van der Waals surface area contributed by atoms with Crippen molar-refractivity contribution in [3.05, 3.63) is 12.2 Å². The summed E-state index contributed by atoms with van der Waals surface area (Å²) in [5.41, 5.74) is 0. The van der Waals surface area contributed by atoms with Crippen LogP contribution in [0.1, 0.15) is 13.8 Å². The first kappa shape index (κ1) is 8.01. The monoisotopic (exact) mass is 133 g/mol. The van der Waals surface area contributed by atoms with Crippen molar-refractivity contribution in [2.75, 3.05) is 0 Å². The fraction of sp³-hybridized carbons (Fsp3) is 0.600. The summed E-state index contributed by atoms with van der Waals surface area (Å²) in [5, 5.41) is 5.03. The van der Waals surface area contributed by atoms with Crippen LogP contribution < -0.4 is 5.14 Å². The molecule has 2 atom stereocenters. The molecule has 48 valence electrons. The van der Waals surface area contributed by atoms with E-state index in [1.165, 1.54) is 0 Å². The van der Waals surface area contributed by atoms with Gasteiger partial charge in [0, 0.05) is 11.4 Å². The first-order valence-corrected chi connectivity index (χ1v) is 3.74. The Labute approximate surface area is 53.1 Å². The van der Waals surface area contributed by atoms with Crippen molar-refractivity contribution in [2.45, 2.75) is 19.1 Å². The Morgan fingerprint density at radius 2 is 2.25 bits per heavy atom. The van der Waals surface area contributed by atoms with Gasteiger partial charge < -0.3 is 4.55 Å². The summed E-state index contributed by atoms with van der Waals surface area (Å²) in [7, 11) is 0. The fourth-order valence-corrected chi connectivity index (χ4v) is 0.660. The molecule has 0 saturated heterocycles. The van der Waals surface area contributed by atoms with Crippen LogP contribution in [0, 0.1) is 0 Å². The molecule has 0 aliphatic rings. The van der Waals surface area contributed by atoms with Crippen LogP contribution in [0.25, 0.3) is 0 Å². The quantitative estimate of drug-likeness (QED) is 0.442. The maximum Gasteiger partial charge on any atom is 0.150 e. The number of hydrogen-bond acceptors (Lipinski definition) is 2. The first-order valence-electron chi connectivity index (χ1n) is 2.46. The second kappa shape index (κ2) is 3.95. The maximum atomic E-state index is 10.4. The maximum absolute atomic E-state index is 10.4. The number of allylic oxidation sites excluding steroid dienone is 1. The van der Waals surface area contributed by atoms with Crippen molar-refractivity contribution in [2.24, 2.45) is 5.14 Å². The summed E-state index contributed by atoms with van der Waals surface area (Å²) >= 11 is -1.20. The third-order valence-corrected chi connectivity index (χ3v) is 1.72. The lowest BCUT2D eigenvalue weighted by atomic mass is 10.4. The number of hydrogen-bond donors (Lipinski definition) is 1. The molecule has 0 saturated carbocycles. The highest BCUT2D eigenvalue weighted by Crippen LogP contribution is 1.94. The van der Waals surface area contributed by atoms with Gasteiger partial charge in [-0.05, 0) is 19.9 Å². The van der Waals surface area contributed by atoms with E-state index in [0.717, 1.165) is 0 Å². The molecule has 0 radical (unpaired) electrons. The summed E-state index contributed by atoms with van der Waals surface area (Å²) < 4.78 is 10.4. The third kappa shape index (κ3) is 3.07. The normalized spacial score (nSPS) is 19.0. The molecule has 2 nitrogen and oxygen atoms in total. The summed E-state index contributed by atoms with van der Waals surface area (Å²) in [5.74, 6) is 0. The molecular weight excluding hydrogens is 122 g/mol. The molecule has 0 aromatic carbocycles. The van der Waals surface area contributed by atoms with Crippen LogP contribution in [-0.2, 0) is 11.4 Å². The first-order chi connectivity index (χ1) is 3.68. The Kier molecular flexibility index (Phi) is 3.95. The SMILES string of the molecule is CC=CC(C)[S+](N)[O-]. The van der Waals surface area contributed by atoms with Crippen LogP contribution >= 0.6 is 0 Å². The molecule has 0 bridgehead atoms. The molecule has 8 heavy (non-hydrogen) atoms. The average molecular weight is 133 g/mol. The van der Waals surface area contributed by atoms with Gasteiger partial charge in [-0.2, -0.15) is 5.14 Å². The number of nitrogens with two attached hydrogens (primary N) is 1. The van der Waals surface area contributed by atoms with Gasteiger partial charge in [-0.15, -0.1) is 0 Å². The predicted molar refractivity (Wildman–Crippen MR) is 36.6 cm³/mol. The highest BCUT2D eigenvalue weighted by molar-refractivity contribution is 7.89. The minimum Gasteiger partial charge on any atom is -0.598 e. The minimum absolute atomic E-state index is 0.0139. The molecule has 0 aromatic heterocycles. The zero-order valence-electron chi connectivity index (χ0n) is 5.13. The Morgan fingerprint density at radius 3 is 2.38 bits per heavy atom. The van der Waals surface area contributed by atoms with E-state index in [1.807, 2.05) is 26.0 Å². The summed E-state index contributed by atoms with van der Waals surface area (Å²) in [6, 6.07) is 0. The number of rotatable bonds is 2. The Bertz CT molecular complexity index is 82.5. The minimum atomic E-state index is -1.20. The van der Waals surface area contributed by atoms with Crippen LogP contribution in [0.5, 0.6) is 0 Å². The van der Waals surface area contributed by atoms with Gasteiger partial charge >= 0.3 is 0 Å². The zero-order valence-corrected chi connectivity index (χ0v) is 5.94. The van der Waals surface area contributed by atoms with Crippen LogP contribution in [0.3, 0.4) is 0 Å². The topological polar surface area (TPSA) is 49.1 Å². The van der Waals surface area contributed by atoms with E-state index in [1.54, 1.807) is 0 Å². The van der Waals surface area contributed by atoms with Crippen LogP contribution in [0.15, 0.2) is 12.2 Å². The van der Waals surface area contributed by atoms with Gasteiger partial charge in [0.2, 0.25) is 0 Å². The lowest BCUT2D eigenvalue weighted by Crippen LogP contribution is -2.23. The summed E-state index contributed by atoms with van der Waals surface area (Å²) in [4.78, 5) is 0. The van der Waals surface area contributed by atoms with Crippen molar-refractivity contribution in [3.8, 4) is 0 Å². The van der Waals surface area contributed by atoms with E-state index >= 15 is 0 Å². The van der Waals surface area contributed by atoms with E-state index in [4.69, 9.17) is 5.14 Å². The zero-order chi connectivity index (χ0) is 6.57. The summed E-state index contributed by atoms with van der Waals surface area (Å²) in [6.45, 7) is 3.69. The van der Waals surface area contributed by atoms with Gasteiger partial charge in [0.15, 0.2) is 0 Å².